The van der Waals surface area contributed by atoms with Gasteiger partial charge < -0.3 is 25.4 Å². The van der Waals surface area contributed by atoms with Crippen molar-refractivity contribution in [2.45, 2.75) is 68.6 Å². The van der Waals surface area contributed by atoms with Crippen LogP contribution in [0.4, 0.5) is 5.69 Å². The van der Waals surface area contributed by atoms with Crippen LogP contribution in [0.15, 0.2) is 24.3 Å². The van der Waals surface area contributed by atoms with Crippen LogP contribution in [0.2, 0.25) is 5.02 Å². The van der Waals surface area contributed by atoms with E-state index in [1.165, 1.54) is 4.90 Å². The minimum Gasteiger partial charge on any atom is -0.394 e. The van der Waals surface area contributed by atoms with Gasteiger partial charge in [-0.05, 0) is 30.9 Å². The molecule has 3 N–H and O–H groups in total. The van der Waals surface area contributed by atoms with E-state index < -0.39 is 41.5 Å². The number of nitrogens with zero attached hydrogens (tertiary/aromatic N) is 1. The number of fused-ring (bicyclic) bond motifs is 1. The number of nitrogens with one attached hydrogen (secondary N) is 2. The topological polar surface area (TPSA) is 108 Å². The molecule has 8 atom stereocenters. The van der Waals surface area contributed by atoms with Crippen molar-refractivity contribution in [1.29, 1.82) is 0 Å². The number of hydrogen-bond acceptors (Lipinski definition) is 5. The molecule has 4 rings (SSSR count). The molecule has 1 spiro atoms. The first-order valence-electron chi connectivity index (χ1n) is 12.3. The largest absolute Gasteiger partial charge is 0.394 e. The van der Waals surface area contributed by atoms with Gasteiger partial charge in [-0.1, -0.05) is 66.9 Å². The van der Waals surface area contributed by atoms with Crippen LogP contribution >= 0.6 is 27.5 Å². The number of carbonyl (C=O) groups is 3. The minimum absolute atomic E-state index is 0.0703. The molecule has 3 saturated heterocycles. The number of hydrogen-bond donors (Lipinski definition) is 3. The summed E-state index contributed by atoms with van der Waals surface area (Å²) in [5.41, 5.74) is -0.758. The number of amides is 3. The fourth-order valence-corrected chi connectivity index (χ4v) is 7.09. The van der Waals surface area contributed by atoms with Gasteiger partial charge in [0.15, 0.2) is 0 Å². The second-order valence-corrected chi connectivity index (χ2v) is 11.4. The Morgan fingerprint density at radius 2 is 2.03 bits per heavy atom. The number of likely N-dealkylation sites (tertiary alicyclic amines) is 1. The van der Waals surface area contributed by atoms with Crippen molar-refractivity contribution >= 4 is 50.9 Å². The van der Waals surface area contributed by atoms with E-state index in [0.29, 0.717) is 30.1 Å². The van der Waals surface area contributed by atoms with Gasteiger partial charge in [0.2, 0.25) is 17.7 Å². The predicted octanol–water partition coefficient (Wildman–Crippen LogP) is 2.96. The molecule has 3 heterocycles. The van der Waals surface area contributed by atoms with E-state index >= 15 is 0 Å². The second kappa shape index (κ2) is 10.4. The van der Waals surface area contributed by atoms with Gasteiger partial charge in [0.05, 0.1) is 41.3 Å². The third-order valence-electron chi connectivity index (χ3n) is 7.80. The van der Waals surface area contributed by atoms with E-state index in [2.05, 4.69) is 26.6 Å². The monoisotopic (exact) mass is 569 g/mol. The summed E-state index contributed by atoms with van der Waals surface area (Å²) >= 11 is 9.96. The van der Waals surface area contributed by atoms with Gasteiger partial charge in [0.1, 0.15) is 11.6 Å². The number of anilines is 1. The van der Waals surface area contributed by atoms with E-state index in [4.69, 9.17) is 16.3 Å². The maximum absolute atomic E-state index is 14.1. The summed E-state index contributed by atoms with van der Waals surface area (Å²) < 4.78 is 6.47. The first-order chi connectivity index (χ1) is 16.7. The van der Waals surface area contributed by atoms with E-state index in [1.807, 2.05) is 20.8 Å². The third kappa shape index (κ3) is 4.28. The Hall–Kier alpha value is -1.68. The summed E-state index contributed by atoms with van der Waals surface area (Å²) in [5.74, 6) is -2.59. The summed E-state index contributed by atoms with van der Waals surface area (Å²) in [4.78, 5) is 42.5. The summed E-state index contributed by atoms with van der Waals surface area (Å²) in [5, 5.41) is 16.5. The molecule has 8 nitrogen and oxygen atoms in total. The lowest BCUT2D eigenvalue weighted by Gasteiger charge is -2.38. The van der Waals surface area contributed by atoms with Gasteiger partial charge in [-0.3, -0.25) is 14.4 Å². The Morgan fingerprint density at radius 3 is 2.66 bits per heavy atom. The number of aliphatic hydroxyl groups excluding tert-OH is 1. The number of rotatable bonds is 9. The highest BCUT2D eigenvalue weighted by Gasteiger charge is 2.77. The maximum Gasteiger partial charge on any atom is 0.250 e. The molecule has 3 aliphatic heterocycles. The van der Waals surface area contributed by atoms with Crippen LogP contribution in [-0.4, -0.2) is 69.5 Å². The van der Waals surface area contributed by atoms with Gasteiger partial charge in [-0.15, -0.1) is 0 Å². The number of para-hydroxylation sites is 1. The SMILES string of the molecule is CCCNC(=O)[C@H]1[C@@H]2OC3(CC2Br)C(C(=O)Nc2ccccc2Cl)N([C@@H](CO)[C@@H](C)CC)C(=O)[C@H]13. The van der Waals surface area contributed by atoms with E-state index in [0.717, 1.165) is 6.42 Å². The molecule has 0 aromatic heterocycles. The van der Waals surface area contributed by atoms with Gasteiger partial charge >= 0.3 is 0 Å². The first-order valence-corrected chi connectivity index (χ1v) is 13.6. The van der Waals surface area contributed by atoms with Crippen LogP contribution in [0.1, 0.15) is 40.0 Å². The van der Waals surface area contributed by atoms with Gasteiger partial charge in [0, 0.05) is 11.4 Å². The molecular formula is C25H33BrClN3O5. The quantitative estimate of drug-likeness (QED) is 0.396. The van der Waals surface area contributed by atoms with Crippen LogP contribution < -0.4 is 10.6 Å². The highest BCUT2D eigenvalue weighted by Crippen LogP contribution is 2.60. The average Bonchev–Trinajstić information content (AvgIpc) is 3.43. The van der Waals surface area contributed by atoms with Crippen molar-refractivity contribution in [3.8, 4) is 0 Å². The van der Waals surface area contributed by atoms with Gasteiger partial charge in [0.25, 0.3) is 0 Å². The molecule has 3 amide bonds. The Bertz CT molecular complexity index is 996. The van der Waals surface area contributed by atoms with Crippen LogP contribution in [-0.2, 0) is 19.1 Å². The predicted molar refractivity (Wildman–Crippen MR) is 136 cm³/mol. The Kier molecular flexibility index (Phi) is 7.81. The zero-order chi connectivity index (χ0) is 25.5. The van der Waals surface area contributed by atoms with Gasteiger partial charge in [-0.2, -0.15) is 0 Å². The number of ether oxygens (including phenoxy) is 1. The molecular weight excluding hydrogens is 538 g/mol. The van der Waals surface area contributed by atoms with Crippen molar-refractivity contribution in [2.75, 3.05) is 18.5 Å². The van der Waals surface area contributed by atoms with Crippen LogP contribution in [0, 0.1) is 17.8 Å². The molecule has 192 valence electrons. The fourth-order valence-electron chi connectivity index (χ4n) is 5.97. The smallest absolute Gasteiger partial charge is 0.250 e. The lowest BCUT2D eigenvalue weighted by Crippen LogP contribution is -2.57. The number of benzene rings is 1. The second-order valence-electron chi connectivity index (χ2n) is 9.80. The van der Waals surface area contributed by atoms with E-state index in [-0.39, 0.29) is 29.2 Å². The number of aliphatic hydroxyl groups is 1. The summed E-state index contributed by atoms with van der Waals surface area (Å²) in [6.45, 7) is 6.08. The van der Waals surface area contributed by atoms with Crippen molar-refractivity contribution in [3.05, 3.63) is 29.3 Å². The Balaban J connectivity index is 1.78. The highest BCUT2D eigenvalue weighted by molar-refractivity contribution is 9.09. The lowest BCUT2D eigenvalue weighted by atomic mass is 9.70. The molecule has 0 saturated carbocycles. The minimum atomic E-state index is -1.18. The fraction of sp³-hybridized carbons (Fsp3) is 0.640. The first kappa shape index (κ1) is 26.4. The molecule has 0 aliphatic carbocycles. The molecule has 1 aromatic rings. The van der Waals surface area contributed by atoms with E-state index in [9.17, 15) is 19.5 Å². The molecule has 1 aromatic carbocycles. The normalized spacial score (nSPS) is 32.9. The molecule has 10 heteroatoms. The number of alkyl halides is 1. The molecule has 3 aliphatic rings. The molecule has 3 fully saturated rings. The van der Waals surface area contributed by atoms with Crippen LogP contribution in [0.25, 0.3) is 0 Å². The zero-order valence-electron chi connectivity index (χ0n) is 20.2. The molecule has 35 heavy (non-hydrogen) atoms. The molecule has 3 unspecified atom stereocenters. The van der Waals surface area contributed by atoms with Crippen molar-refractivity contribution < 1.29 is 24.2 Å². The van der Waals surface area contributed by atoms with E-state index in [1.54, 1.807) is 24.3 Å². The van der Waals surface area contributed by atoms with Crippen molar-refractivity contribution in [2.24, 2.45) is 17.8 Å². The van der Waals surface area contributed by atoms with Crippen molar-refractivity contribution in [1.82, 2.24) is 10.2 Å². The van der Waals surface area contributed by atoms with Crippen molar-refractivity contribution in [3.63, 3.8) is 0 Å². The molecule has 0 radical (unpaired) electrons. The average molecular weight is 571 g/mol. The summed E-state index contributed by atoms with van der Waals surface area (Å²) in [6.07, 6.45) is 1.36. The lowest BCUT2D eigenvalue weighted by molar-refractivity contribution is -0.145. The third-order valence-corrected chi connectivity index (χ3v) is 8.98. The van der Waals surface area contributed by atoms with Crippen LogP contribution in [0.3, 0.4) is 0 Å². The van der Waals surface area contributed by atoms with Gasteiger partial charge in [-0.25, -0.2) is 0 Å². The number of halogens is 2. The van der Waals surface area contributed by atoms with Crippen LogP contribution in [0.5, 0.6) is 0 Å². The Morgan fingerprint density at radius 1 is 1.31 bits per heavy atom. The summed E-state index contributed by atoms with van der Waals surface area (Å²) in [7, 11) is 0. The molecule has 2 bridgehead atoms. The zero-order valence-corrected chi connectivity index (χ0v) is 22.5. The Labute approximate surface area is 219 Å². The number of carbonyl (C=O) groups excluding carboxylic acids is 3. The standard InChI is InChI=1S/C25H33BrClN3O5/c1-4-10-28-22(32)18-19-24(34)30(17(12-31)13(3)5-2)21(25(19)11-14(26)20(18)35-25)23(33)29-16-9-7-6-8-15(16)27/h6-9,13-14,17-21,31H,4-5,10-12H2,1-3H3,(H,28,32)(H,29,33)/t13-,14?,17-,18+,19-,20+,21?,25?/m0/s1. The summed E-state index contributed by atoms with van der Waals surface area (Å²) in [6, 6.07) is 5.28. The highest BCUT2D eigenvalue weighted by atomic mass is 79.9. The maximum atomic E-state index is 14.1.